The van der Waals surface area contributed by atoms with Gasteiger partial charge in [-0.15, -0.1) is 0 Å². The standard InChI is InChI=1S/C33H52O2S/c1-23(2)10-9-11-24(3)28-14-15-29-27-13-12-26-22-33(35-25(4)34,36-20-7-8-21-36)19-18-31(26,5)30(27)16-17-32(28,29)6/h7-8,12,20-21,23-24,27-30,36H,9-11,13-19,22H2,1-6H3/t24-,27+,28-,29+,30+,31+,32-,33-/m1/s1. The van der Waals surface area contributed by atoms with Crippen molar-refractivity contribution in [1.29, 1.82) is 0 Å². The number of fused-ring (bicyclic) bond motifs is 5. The summed E-state index contributed by atoms with van der Waals surface area (Å²) in [4.78, 5) is 11.9. The molecule has 4 aliphatic carbocycles. The predicted octanol–water partition coefficient (Wildman–Crippen LogP) is 9.33. The van der Waals surface area contributed by atoms with Gasteiger partial charge in [0.05, 0.1) is 0 Å². The third-order valence-electron chi connectivity index (χ3n) is 11.7. The number of thiol groups is 1. The topological polar surface area (TPSA) is 26.3 Å². The van der Waals surface area contributed by atoms with E-state index in [1.54, 1.807) is 12.5 Å². The molecule has 1 aliphatic heterocycles. The van der Waals surface area contributed by atoms with Gasteiger partial charge in [-0.3, -0.25) is 4.79 Å². The van der Waals surface area contributed by atoms with E-state index in [1.807, 2.05) is 0 Å². The summed E-state index contributed by atoms with van der Waals surface area (Å²) < 4.78 is 6.21. The first kappa shape index (κ1) is 26.6. The number of hydrogen-bond acceptors (Lipinski definition) is 2. The Morgan fingerprint density at radius 3 is 2.47 bits per heavy atom. The van der Waals surface area contributed by atoms with Gasteiger partial charge in [0.2, 0.25) is 0 Å². The van der Waals surface area contributed by atoms with Crippen molar-refractivity contribution in [2.45, 2.75) is 117 Å². The molecule has 2 nitrogen and oxygen atoms in total. The molecule has 0 spiro atoms. The lowest BCUT2D eigenvalue weighted by atomic mass is 9.47. The highest BCUT2D eigenvalue weighted by Gasteiger charge is 2.60. The summed E-state index contributed by atoms with van der Waals surface area (Å²) in [6.45, 7) is 14.2. The van der Waals surface area contributed by atoms with Crippen molar-refractivity contribution in [2.24, 2.45) is 46.3 Å². The minimum absolute atomic E-state index is 0.114. The SMILES string of the molecule is CC(=O)O[C@@]1([SH]2C=CC=C2)CC[C@@]2(C)C(=CC[C@H]3[C@@H]4CC[C@H]([C@H](C)CCCC(C)C)[C@@]4(C)CC[C@@H]32)C1. The quantitative estimate of drug-likeness (QED) is 0.209. The number of carbonyl (C=O) groups excluding carboxylic acids is 1. The number of esters is 1. The van der Waals surface area contributed by atoms with Gasteiger partial charge < -0.3 is 4.74 Å². The van der Waals surface area contributed by atoms with Gasteiger partial charge in [-0.2, -0.15) is 10.9 Å². The second-order valence-corrected chi connectivity index (χ2v) is 16.3. The summed E-state index contributed by atoms with van der Waals surface area (Å²) in [5.41, 5.74) is 2.45. The molecule has 0 bridgehead atoms. The number of hydrogen-bond donors (Lipinski definition) is 1. The van der Waals surface area contributed by atoms with Crippen LogP contribution in [0.1, 0.15) is 112 Å². The van der Waals surface area contributed by atoms with Crippen molar-refractivity contribution in [3.8, 4) is 0 Å². The summed E-state index contributed by atoms with van der Waals surface area (Å²) >= 11 is 0. The second-order valence-electron chi connectivity index (χ2n) is 14.1. The van der Waals surface area contributed by atoms with Crippen LogP contribution in [-0.2, 0) is 9.53 Å². The Bertz CT molecular complexity index is 920. The summed E-state index contributed by atoms with van der Waals surface area (Å²) in [5, 5.41) is 4.61. The zero-order valence-corrected chi connectivity index (χ0v) is 24.8. The Labute approximate surface area is 224 Å². The fourth-order valence-corrected chi connectivity index (χ4v) is 12.0. The molecule has 0 aromatic carbocycles. The molecule has 8 atom stereocenters. The van der Waals surface area contributed by atoms with E-state index in [1.165, 1.54) is 57.8 Å². The first-order valence-electron chi connectivity index (χ1n) is 15.1. The molecule has 3 fully saturated rings. The van der Waals surface area contributed by atoms with E-state index in [0.717, 1.165) is 48.3 Å². The molecule has 1 heterocycles. The zero-order valence-electron chi connectivity index (χ0n) is 23.9. The maximum atomic E-state index is 12.2. The Morgan fingerprint density at radius 2 is 1.78 bits per heavy atom. The van der Waals surface area contributed by atoms with Crippen LogP contribution < -0.4 is 0 Å². The molecule has 3 saturated carbocycles. The number of carbonyl (C=O) groups is 1. The van der Waals surface area contributed by atoms with Crippen LogP contribution in [-0.4, -0.2) is 10.9 Å². The monoisotopic (exact) mass is 512 g/mol. The molecule has 0 N–H and O–H groups in total. The van der Waals surface area contributed by atoms with Crippen LogP contribution in [0.15, 0.2) is 34.6 Å². The molecule has 202 valence electrons. The summed E-state index contributed by atoms with van der Waals surface area (Å²) in [6.07, 6.45) is 21.3. The average molecular weight is 513 g/mol. The molecule has 0 aromatic heterocycles. The van der Waals surface area contributed by atoms with Gasteiger partial charge in [0, 0.05) is 13.3 Å². The largest absolute Gasteiger partial charge is 0.449 e. The molecule has 0 saturated heterocycles. The van der Waals surface area contributed by atoms with E-state index >= 15 is 0 Å². The summed E-state index contributed by atoms with van der Waals surface area (Å²) in [6, 6.07) is 0. The normalized spacial score (nSPS) is 43.1. The van der Waals surface area contributed by atoms with Crippen molar-refractivity contribution in [1.82, 2.24) is 0 Å². The Kier molecular flexibility index (Phi) is 7.38. The molecule has 0 amide bonds. The fraction of sp³-hybridized carbons (Fsp3) is 0.788. The Morgan fingerprint density at radius 1 is 1.03 bits per heavy atom. The van der Waals surface area contributed by atoms with Gasteiger partial charge in [0.25, 0.3) is 0 Å². The van der Waals surface area contributed by atoms with Crippen LogP contribution in [0.3, 0.4) is 0 Å². The van der Waals surface area contributed by atoms with Gasteiger partial charge in [-0.05, 0) is 102 Å². The van der Waals surface area contributed by atoms with Crippen LogP contribution in [0, 0.1) is 46.3 Å². The maximum Gasteiger partial charge on any atom is 0.303 e. The lowest BCUT2D eigenvalue weighted by Gasteiger charge is -2.60. The average Bonchev–Trinajstić information content (AvgIpc) is 3.47. The summed E-state index contributed by atoms with van der Waals surface area (Å²) in [5.74, 6) is 5.06. The molecule has 0 radical (unpaired) electrons. The highest BCUT2D eigenvalue weighted by Crippen LogP contribution is 2.69. The van der Waals surface area contributed by atoms with Crippen LogP contribution in [0.2, 0.25) is 0 Å². The molecule has 36 heavy (non-hydrogen) atoms. The third kappa shape index (κ3) is 4.48. The highest BCUT2D eigenvalue weighted by atomic mass is 32.2. The van der Waals surface area contributed by atoms with Crippen molar-refractivity contribution < 1.29 is 9.53 Å². The first-order valence-corrected chi connectivity index (χ1v) is 16.6. The summed E-state index contributed by atoms with van der Waals surface area (Å²) in [7, 11) is -0.539. The van der Waals surface area contributed by atoms with Crippen molar-refractivity contribution in [3.63, 3.8) is 0 Å². The van der Waals surface area contributed by atoms with Crippen molar-refractivity contribution in [2.75, 3.05) is 0 Å². The predicted molar refractivity (Wildman–Crippen MR) is 155 cm³/mol. The van der Waals surface area contributed by atoms with E-state index in [9.17, 15) is 4.79 Å². The highest BCUT2D eigenvalue weighted by molar-refractivity contribution is 8.23. The van der Waals surface area contributed by atoms with Gasteiger partial charge in [0.15, 0.2) is 4.93 Å². The van der Waals surface area contributed by atoms with Crippen molar-refractivity contribution >= 4 is 16.9 Å². The Balaban J connectivity index is 1.34. The molecule has 5 rings (SSSR count). The van der Waals surface area contributed by atoms with Crippen LogP contribution in [0.4, 0.5) is 0 Å². The lowest BCUT2D eigenvalue weighted by Crippen LogP contribution is -2.52. The molecule has 5 aliphatic rings. The second kappa shape index (κ2) is 9.97. The van der Waals surface area contributed by atoms with E-state index < -0.39 is 10.9 Å². The van der Waals surface area contributed by atoms with Gasteiger partial charge in [-0.1, -0.05) is 77.7 Å². The van der Waals surface area contributed by atoms with E-state index in [-0.39, 0.29) is 16.3 Å². The maximum absolute atomic E-state index is 12.2. The van der Waals surface area contributed by atoms with Gasteiger partial charge in [-0.25, -0.2) is 0 Å². The number of rotatable bonds is 7. The smallest absolute Gasteiger partial charge is 0.303 e. The van der Waals surface area contributed by atoms with Crippen LogP contribution in [0.5, 0.6) is 0 Å². The molecular formula is C33H52O2S. The zero-order chi connectivity index (χ0) is 25.7. The fourth-order valence-electron chi connectivity index (χ4n) is 9.88. The molecule has 0 aromatic rings. The molecular weight excluding hydrogens is 460 g/mol. The van der Waals surface area contributed by atoms with Gasteiger partial charge >= 0.3 is 5.97 Å². The van der Waals surface area contributed by atoms with Crippen molar-refractivity contribution in [3.05, 3.63) is 34.6 Å². The first-order chi connectivity index (χ1) is 17.1. The van der Waals surface area contributed by atoms with E-state index in [0.29, 0.717) is 5.41 Å². The molecule has 3 heteroatoms. The van der Waals surface area contributed by atoms with Crippen LogP contribution >= 0.6 is 10.9 Å². The Hall–Kier alpha value is -0.960. The number of ether oxygens (including phenoxy) is 1. The molecule has 0 unspecified atom stereocenters. The third-order valence-corrected chi connectivity index (χ3v) is 14.1. The number of allylic oxidation sites excluding steroid dienone is 3. The van der Waals surface area contributed by atoms with Crippen LogP contribution in [0.25, 0.3) is 0 Å². The van der Waals surface area contributed by atoms with E-state index in [4.69, 9.17) is 4.74 Å². The van der Waals surface area contributed by atoms with E-state index in [2.05, 4.69) is 63.7 Å². The minimum atomic E-state index is -0.539. The van der Waals surface area contributed by atoms with Gasteiger partial charge in [0.1, 0.15) is 0 Å². The minimum Gasteiger partial charge on any atom is -0.449 e. The lowest BCUT2D eigenvalue weighted by molar-refractivity contribution is -0.152.